The standard InChI is InChI=1S/C13H17BrO2/c1-8-9(2)11(16-5)7-6-10(8)12(15)13(3,4)14/h6-7H,1-5H3. The van der Waals surface area contributed by atoms with Crippen molar-refractivity contribution in [1.29, 1.82) is 0 Å². The number of rotatable bonds is 3. The van der Waals surface area contributed by atoms with Gasteiger partial charge in [-0.15, -0.1) is 0 Å². The van der Waals surface area contributed by atoms with E-state index in [4.69, 9.17) is 4.74 Å². The topological polar surface area (TPSA) is 26.3 Å². The van der Waals surface area contributed by atoms with Crippen LogP contribution in [0.5, 0.6) is 5.75 Å². The summed E-state index contributed by atoms with van der Waals surface area (Å²) >= 11 is 3.39. The normalized spacial score (nSPS) is 11.4. The number of alkyl halides is 1. The van der Waals surface area contributed by atoms with E-state index in [1.807, 2.05) is 39.8 Å². The van der Waals surface area contributed by atoms with Crippen LogP contribution in [0, 0.1) is 13.8 Å². The van der Waals surface area contributed by atoms with Gasteiger partial charge < -0.3 is 4.74 Å². The highest BCUT2D eigenvalue weighted by Gasteiger charge is 2.27. The van der Waals surface area contributed by atoms with Crippen molar-refractivity contribution in [2.24, 2.45) is 0 Å². The summed E-state index contributed by atoms with van der Waals surface area (Å²) in [4.78, 5) is 12.2. The largest absolute Gasteiger partial charge is 0.496 e. The van der Waals surface area contributed by atoms with Crippen LogP contribution in [-0.2, 0) is 0 Å². The van der Waals surface area contributed by atoms with E-state index in [1.165, 1.54) is 0 Å². The number of ether oxygens (including phenoxy) is 1. The highest BCUT2D eigenvalue weighted by molar-refractivity contribution is 9.10. The van der Waals surface area contributed by atoms with Crippen molar-refractivity contribution in [3.05, 3.63) is 28.8 Å². The molecule has 1 aromatic rings. The predicted octanol–water partition coefficient (Wildman–Crippen LogP) is 3.67. The third-order valence-corrected chi connectivity index (χ3v) is 3.10. The quantitative estimate of drug-likeness (QED) is 0.625. The SMILES string of the molecule is COc1ccc(C(=O)C(C)(C)Br)c(C)c1C. The molecule has 0 saturated carbocycles. The van der Waals surface area contributed by atoms with Crippen LogP contribution < -0.4 is 4.74 Å². The van der Waals surface area contributed by atoms with Crippen LogP contribution in [0.25, 0.3) is 0 Å². The van der Waals surface area contributed by atoms with Gasteiger partial charge >= 0.3 is 0 Å². The molecular weight excluding hydrogens is 268 g/mol. The van der Waals surface area contributed by atoms with Gasteiger partial charge in [-0.25, -0.2) is 0 Å². The number of ketones is 1. The number of hydrogen-bond donors (Lipinski definition) is 0. The summed E-state index contributed by atoms with van der Waals surface area (Å²) in [6.45, 7) is 7.62. The van der Waals surface area contributed by atoms with Crippen LogP contribution in [-0.4, -0.2) is 17.2 Å². The summed E-state index contributed by atoms with van der Waals surface area (Å²) in [5.41, 5.74) is 2.75. The zero-order chi connectivity index (χ0) is 12.5. The van der Waals surface area contributed by atoms with Crippen LogP contribution in [0.4, 0.5) is 0 Å². The van der Waals surface area contributed by atoms with E-state index in [2.05, 4.69) is 15.9 Å². The molecule has 16 heavy (non-hydrogen) atoms. The molecule has 0 aliphatic carbocycles. The summed E-state index contributed by atoms with van der Waals surface area (Å²) in [7, 11) is 1.64. The first-order valence-electron chi connectivity index (χ1n) is 5.17. The van der Waals surface area contributed by atoms with Crippen molar-refractivity contribution in [1.82, 2.24) is 0 Å². The maximum Gasteiger partial charge on any atom is 0.179 e. The molecule has 0 unspecified atom stereocenters. The summed E-state index contributed by atoms with van der Waals surface area (Å²) in [5.74, 6) is 0.914. The summed E-state index contributed by atoms with van der Waals surface area (Å²) in [6.07, 6.45) is 0. The van der Waals surface area contributed by atoms with Crippen LogP contribution in [0.15, 0.2) is 12.1 Å². The van der Waals surface area contributed by atoms with Crippen molar-refractivity contribution in [3.63, 3.8) is 0 Å². The average Bonchev–Trinajstić information content (AvgIpc) is 2.20. The fourth-order valence-corrected chi connectivity index (χ4v) is 1.80. The molecule has 1 rings (SSSR count). The molecule has 0 aliphatic rings. The Balaban J connectivity index is 3.28. The number of halogens is 1. The molecule has 1 aromatic carbocycles. The third-order valence-electron chi connectivity index (χ3n) is 2.74. The lowest BCUT2D eigenvalue weighted by Crippen LogP contribution is -2.25. The third kappa shape index (κ3) is 2.46. The van der Waals surface area contributed by atoms with Crippen LogP contribution in [0.1, 0.15) is 35.3 Å². The van der Waals surface area contributed by atoms with Crippen molar-refractivity contribution in [3.8, 4) is 5.75 Å². The van der Waals surface area contributed by atoms with Gasteiger partial charge in [0.05, 0.1) is 11.4 Å². The van der Waals surface area contributed by atoms with Gasteiger partial charge in [-0.05, 0) is 51.0 Å². The lowest BCUT2D eigenvalue weighted by molar-refractivity contribution is 0.0960. The minimum Gasteiger partial charge on any atom is -0.496 e. The maximum absolute atomic E-state index is 12.2. The maximum atomic E-state index is 12.2. The fraction of sp³-hybridized carbons (Fsp3) is 0.462. The summed E-state index contributed by atoms with van der Waals surface area (Å²) in [6, 6.07) is 3.67. The van der Waals surface area contributed by atoms with E-state index < -0.39 is 4.32 Å². The van der Waals surface area contributed by atoms with Gasteiger partial charge in [0.15, 0.2) is 5.78 Å². The number of carbonyl (C=O) groups excluding carboxylic acids is 1. The lowest BCUT2D eigenvalue weighted by atomic mass is 9.94. The molecule has 0 heterocycles. The minimum atomic E-state index is -0.529. The monoisotopic (exact) mass is 284 g/mol. The summed E-state index contributed by atoms with van der Waals surface area (Å²) in [5, 5.41) is 0. The number of Topliss-reactive ketones (excluding diaryl/α,β-unsaturated/α-hetero) is 1. The van der Waals surface area contributed by atoms with E-state index in [0.717, 1.165) is 22.4 Å². The van der Waals surface area contributed by atoms with E-state index >= 15 is 0 Å². The Morgan fingerprint density at radius 2 is 1.81 bits per heavy atom. The number of hydrogen-bond acceptors (Lipinski definition) is 2. The first kappa shape index (κ1) is 13.2. The zero-order valence-corrected chi connectivity index (χ0v) is 11.9. The Morgan fingerprint density at radius 3 is 2.25 bits per heavy atom. The van der Waals surface area contributed by atoms with Gasteiger partial charge in [0.2, 0.25) is 0 Å². The summed E-state index contributed by atoms with van der Waals surface area (Å²) < 4.78 is 4.69. The van der Waals surface area contributed by atoms with Crippen LogP contribution in [0.2, 0.25) is 0 Å². The second-order valence-corrected chi connectivity index (χ2v) is 6.35. The van der Waals surface area contributed by atoms with Gasteiger partial charge in [-0.1, -0.05) is 15.9 Å². The molecule has 2 nitrogen and oxygen atoms in total. The highest BCUT2D eigenvalue weighted by Crippen LogP contribution is 2.29. The average molecular weight is 285 g/mol. The fourth-order valence-electron chi connectivity index (χ4n) is 1.58. The molecule has 88 valence electrons. The molecule has 3 heteroatoms. The van der Waals surface area contributed by atoms with Gasteiger partial charge in [0.25, 0.3) is 0 Å². The minimum absolute atomic E-state index is 0.0933. The molecule has 0 saturated heterocycles. The van der Waals surface area contributed by atoms with Gasteiger partial charge in [0.1, 0.15) is 5.75 Å². The second-order valence-electron chi connectivity index (χ2n) is 4.37. The smallest absolute Gasteiger partial charge is 0.179 e. The molecule has 0 aliphatic heterocycles. The molecule has 0 amide bonds. The van der Waals surface area contributed by atoms with Gasteiger partial charge in [-0.3, -0.25) is 4.79 Å². The molecule has 0 fully saturated rings. The molecule has 0 atom stereocenters. The lowest BCUT2D eigenvalue weighted by Gasteiger charge is -2.18. The van der Waals surface area contributed by atoms with Gasteiger partial charge in [-0.2, -0.15) is 0 Å². The molecule has 0 spiro atoms. The van der Waals surface area contributed by atoms with Crippen molar-refractivity contribution in [2.75, 3.05) is 7.11 Å². The Kier molecular flexibility index (Phi) is 3.79. The predicted molar refractivity (Wildman–Crippen MR) is 69.8 cm³/mol. The van der Waals surface area contributed by atoms with Crippen molar-refractivity contribution < 1.29 is 9.53 Å². The van der Waals surface area contributed by atoms with E-state index in [0.29, 0.717) is 0 Å². The number of benzene rings is 1. The van der Waals surface area contributed by atoms with Gasteiger partial charge in [0, 0.05) is 5.56 Å². The number of carbonyl (C=O) groups is 1. The first-order chi connectivity index (χ1) is 7.29. The van der Waals surface area contributed by atoms with E-state index in [9.17, 15) is 4.79 Å². The van der Waals surface area contributed by atoms with E-state index in [-0.39, 0.29) is 5.78 Å². The zero-order valence-electron chi connectivity index (χ0n) is 10.3. The Hall–Kier alpha value is -0.830. The first-order valence-corrected chi connectivity index (χ1v) is 5.96. The molecule has 0 radical (unpaired) electrons. The number of methoxy groups -OCH3 is 1. The molecule has 0 bridgehead atoms. The molecule has 0 N–H and O–H groups in total. The highest BCUT2D eigenvalue weighted by atomic mass is 79.9. The van der Waals surface area contributed by atoms with E-state index in [1.54, 1.807) is 7.11 Å². The van der Waals surface area contributed by atoms with Crippen LogP contribution in [0.3, 0.4) is 0 Å². The molecule has 0 aromatic heterocycles. The Bertz CT molecular complexity index is 417. The Labute approximate surface area is 105 Å². The van der Waals surface area contributed by atoms with Crippen molar-refractivity contribution >= 4 is 21.7 Å². The molecular formula is C13H17BrO2. The van der Waals surface area contributed by atoms with Crippen molar-refractivity contribution in [2.45, 2.75) is 32.0 Å². The Morgan fingerprint density at radius 1 is 1.25 bits per heavy atom. The second kappa shape index (κ2) is 4.58. The van der Waals surface area contributed by atoms with Crippen LogP contribution >= 0.6 is 15.9 Å².